The molecular formula is C36H34F3N7O2. The summed E-state index contributed by atoms with van der Waals surface area (Å²) < 4.78 is 40.3. The first-order valence-corrected chi connectivity index (χ1v) is 15.8. The van der Waals surface area contributed by atoms with E-state index in [1.165, 1.54) is 30.9 Å². The first-order valence-electron chi connectivity index (χ1n) is 15.8. The Labute approximate surface area is 275 Å². The van der Waals surface area contributed by atoms with Gasteiger partial charge in [0.1, 0.15) is 0 Å². The number of hydrogen-bond acceptors (Lipinski definition) is 5. The first-order chi connectivity index (χ1) is 23.2. The van der Waals surface area contributed by atoms with Gasteiger partial charge in [-0.3, -0.25) is 15.0 Å². The van der Waals surface area contributed by atoms with Crippen LogP contribution in [0.5, 0.6) is 0 Å². The molecule has 0 spiro atoms. The molecule has 48 heavy (non-hydrogen) atoms. The molecule has 246 valence electrons. The first kappa shape index (κ1) is 32.4. The van der Waals surface area contributed by atoms with Gasteiger partial charge in [-0.25, -0.2) is 4.79 Å². The van der Waals surface area contributed by atoms with Gasteiger partial charge in [-0.2, -0.15) is 18.4 Å². The normalized spacial score (nSPS) is 13.6. The lowest BCUT2D eigenvalue weighted by Gasteiger charge is -2.26. The molecule has 1 saturated carbocycles. The number of benzene rings is 4. The van der Waals surface area contributed by atoms with Crippen molar-refractivity contribution in [2.75, 3.05) is 10.2 Å². The molecule has 6 rings (SSSR count). The van der Waals surface area contributed by atoms with Gasteiger partial charge >= 0.3 is 12.2 Å². The molecule has 4 aromatic carbocycles. The molecule has 3 N–H and O–H groups in total. The van der Waals surface area contributed by atoms with E-state index in [0.717, 1.165) is 30.5 Å². The molecule has 0 unspecified atom stereocenters. The monoisotopic (exact) mass is 653 g/mol. The molecule has 0 saturated heterocycles. The average molecular weight is 654 g/mol. The molecule has 0 radical (unpaired) electrons. The Bertz CT molecular complexity index is 1840. The van der Waals surface area contributed by atoms with Gasteiger partial charge in [0, 0.05) is 17.8 Å². The highest BCUT2D eigenvalue weighted by molar-refractivity contribution is 6.03. The molecule has 0 bridgehead atoms. The summed E-state index contributed by atoms with van der Waals surface area (Å²) in [6.45, 7) is 0.299. The van der Waals surface area contributed by atoms with Crippen molar-refractivity contribution in [1.29, 1.82) is 0 Å². The number of amides is 3. The number of carbonyl (C=O) groups is 2. The molecule has 9 nitrogen and oxygen atoms in total. The Balaban J connectivity index is 1.22. The van der Waals surface area contributed by atoms with Crippen LogP contribution in [0.3, 0.4) is 0 Å². The summed E-state index contributed by atoms with van der Waals surface area (Å²) in [7, 11) is 0. The summed E-state index contributed by atoms with van der Waals surface area (Å²) >= 11 is 0. The van der Waals surface area contributed by atoms with Crippen LogP contribution in [0.2, 0.25) is 0 Å². The van der Waals surface area contributed by atoms with Gasteiger partial charge in [-0.1, -0.05) is 85.0 Å². The van der Waals surface area contributed by atoms with E-state index in [2.05, 4.69) is 43.4 Å². The zero-order valence-corrected chi connectivity index (χ0v) is 26.0. The van der Waals surface area contributed by atoms with E-state index in [1.54, 1.807) is 59.5 Å². The van der Waals surface area contributed by atoms with Crippen molar-refractivity contribution in [3.8, 4) is 11.1 Å². The molecule has 1 aliphatic rings. The fraction of sp³-hybridized carbons (Fsp3) is 0.250. The van der Waals surface area contributed by atoms with Crippen molar-refractivity contribution in [1.82, 2.24) is 25.9 Å². The van der Waals surface area contributed by atoms with Gasteiger partial charge in [-0.15, -0.1) is 5.10 Å². The van der Waals surface area contributed by atoms with Gasteiger partial charge in [0.25, 0.3) is 11.9 Å². The van der Waals surface area contributed by atoms with E-state index in [9.17, 15) is 22.8 Å². The van der Waals surface area contributed by atoms with Crippen LogP contribution in [-0.4, -0.2) is 32.6 Å². The minimum Gasteiger partial charge on any atom is -0.334 e. The summed E-state index contributed by atoms with van der Waals surface area (Å²) in [5.41, 5.74) is 4.05. The number of halogens is 3. The van der Waals surface area contributed by atoms with Crippen molar-refractivity contribution >= 4 is 23.6 Å². The number of carbonyl (C=O) groups excluding carboxylic acids is 2. The number of H-pyrrole nitrogens is 1. The lowest BCUT2D eigenvalue weighted by molar-refractivity contribution is -0.137. The minimum absolute atomic E-state index is 0.0539. The van der Waals surface area contributed by atoms with Crippen molar-refractivity contribution in [2.24, 2.45) is 0 Å². The molecule has 12 heteroatoms. The van der Waals surface area contributed by atoms with Crippen molar-refractivity contribution in [3.63, 3.8) is 0 Å². The van der Waals surface area contributed by atoms with E-state index < -0.39 is 17.6 Å². The number of alkyl halides is 3. The van der Waals surface area contributed by atoms with Crippen LogP contribution in [-0.2, 0) is 19.3 Å². The molecule has 1 heterocycles. The maximum absolute atomic E-state index is 13.9. The van der Waals surface area contributed by atoms with Crippen LogP contribution in [0.1, 0.15) is 70.6 Å². The molecule has 3 amide bonds. The van der Waals surface area contributed by atoms with Gasteiger partial charge < -0.3 is 5.32 Å². The van der Waals surface area contributed by atoms with Crippen molar-refractivity contribution in [2.45, 2.75) is 57.3 Å². The van der Waals surface area contributed by atoms with E-state index in [4.69, 9.17) is 0 Å². The standard InChI is InChI=1S/C36H34F3N7O2/c37-36(38,39)30-11-6-10-28(21-30)32-12-5-4-9-29(32)22-40-35(48)46(31-19-17-26(18-20-31)25-7-2-1-3-8-25)23-24-13-15-27(16-14-24)33(47)41-34-42-44-45-43-34/h4-6,9-21,25H,1-3,7-8,22-23H2,(H,40,48)(H2,41,42,43,44,45,47). The highest BCUT2D eigenvalue weighted by atomic mass is 19.4. The summed E-state index contributed by atoms with van der Waals surface area (Å²) in [6.07, 6.45) is 1.53. The van der Waals surface area contributed by atoms with Gasteiger partial charge in [-0.05, 0) is 88.2 Å². The Hall–Kier alpha value is -5.52. The number of nitrogens with one attached hydrogen (secondary N) is 3. The third kappa shape index (κ3) is 7.88. The topological polar surface area (TPSA) is 116 Å². The summed E-state index contributed by atoms with van der Waals surface area (Å²) in [5, 5.41) is 18.7. The number of nitrogens with zero attached hydrogens (tertiary/aromatic N) is 4. The third-order valence-electron chi connectivity index (χ3n) is 8.60. The predicted molar refractivity (Wildman–Crippen MR) is 176 cm³/mol. The molecule has 5 aromatic rings. The second-order valence-electron chi connectivity index (χ2n) is 11.8. The van der Waals surface area contributed by atoms with Gasteiger partial charge in [0.05, 0.1) is 12.1 Å². The smallest absolute Gasteiger partial charge is 0.334 e. The zero-order valence-electron chi connectivity index (χ0n) is 26.0. The van der Waals surface area contributed by atoms with Gasteiger partial charge in [0.2, 0.25) is 0 Å². The number of anilines is 2. The van der Waals surface area contributed by atoms with Crippen LogP contribution >= 0.6 is 0 Å². The van der Waals surface area contributed by atoms with E-state index >= 15 is 0 Å². The molecule has 0 atom stereocenters. The molecule has 1 aliphatic carbocycles. The number of rotatable bonds is 9. The highest BCUT2D eigenvalue weighted by Gasteiger charge is 2.30. The fourth-order valence-electron chi connectivity index (χ4n) is 6.06. The predicted octanol–water partition coefficient (Wildman–Crippen LogP) is 8.10. The molecular weight excluding hydrogens is 619 g/mol. The van der Waals surface area contributed by atoms with Crippen molar-refractivity contribution in [3.05, 3.63) is 125 Å². The maximum atomic E-state index is 13.9. The lowest BCUT2D eigenvalue weighted by Crippen LogP contribution is -2.39. The van der Waals surface area contributed by atoms with E-state index in [-0.39, 0.29) is 25.1 Å². The number of aromatic amines is 1. The Morgan fingerprint density at radius 3 is 2.33 bits per heavy atom. The quantitative estimate of drug-likeness (QED) is 0.149. The SMILES string of the molecule is O=C(Nc1nn[nH]n1)c1ccc(CN(C(=O)NCc2ccccc2-c2cccc(C(F)(F)F)c2)c2ccc(C3CCCCC3)cc2)cc1. The van der Waals surface area contributed by atoms with E-state index in [0.29, 0.717) is 33.9 Å². The second-order valence-corrected chi connectivity index (χ2v) is 11.8. The highest BCUT2D eigenvalue weighted by Crippen LogP contribution is 2.35. The Kier molecular flexibility index (Phi) is 9.79. The zero-order chi connectivity index (χ0) is 33.5. The molecule has 1 fully saturated rings. The van der Waals surface area contributed by atoms with Crippen LogP contribution in [0.25, 0.3) is 11.1 Å². The molecule has 1 aromatic heterocycles. The maximum Gasteiger partial charge on any atom is 0.416 e. The largest absolute Gasteiger partial charge is 0.416 e. The summed E-state index contributed by atoms with van der Waals surface area (Å²) in [6, 6.07) is 26.8. The lowest BCUT2D eigenvalue weighted by atomic mass is 9.84. The summed E-state index contributed by atoms with van der Waals surface area (Å²) in [5.74, 6) is 0.155. The summed E-state index contributed by atoms with van der Waals surface area (Å²) in [4.78, 5) is 28.1. The fourth-order valence-corrected chi connectivity index (χ4v) is 6.06. The minimum atomic E-state index is -4.47. The van der Waals surface area contributed by atoms with E-state index in [1.807, 2.05) is 12.1 Å². The van der Waals surface area contributed by atoms with Gasteiger partial charge in [0.15, 0.2) is 0 Å². The van der Waals surface area contributed by atoms with Crippen LogP contribution in [0, 0.1) is 0 Å². The number of tetrazole rings is 1. The second kappa shape index (κ2) is 14.5. The van der Waals surface area contributed by atoms with Crippen LogP contribution < -0.4 is 15.5 Å². The Morgan fingerprint density at radius 2 is 1.62 bits per heavy atom. The molecule has 0 aliphatic heterocycles. The van der Waals surface area contributed by atoms with Crippen LogP contribution in [0.15, 0.2) is 97.1 Å². The van der Waals surface area contributed by atoms with Crippen molar-refractivity contribution < 1.29 is 22.8 Å². The average Bonchev–Trinajstić information content (AvgIpc) is 3.63. The Morgan fingerprint density at radius 1 is 0.875 bits per heavy atom. The van der Waals surface area contributed by atoms with Crippen LogP contribution in [0.4, 0.5) is 29.6 Å². The number of hydrogen-bond donors (Lipinski definition) is 3. The number of urea groups is 1. The third-order valence-corrected chi connectivity index (χ3v) is 8.60. The number of aromatic nitrogens is 4.